The standard InChI is InChI=1S/C21H25N3.C5H10/c1-5-6-14-22-17(4)19-8-7-9-21(15-19)24-23-20-12-10-18(11-13-20)16(2)3;1-4-5(2)3/h7-13,15,22H,2,4-6,14H2,1,3H3;2,4H2,1,3H3. The number of rotatable bonds is 9. The zero-order valence-corrected chi connectivity index (χ0v) is 18.5. The van der Waals surface area contributed by atoms with Crippen molar-refractivity contribution < 1.29 is 0 Å². The molecule has 3 heteroatoms. The van der Waals surface area contributed by atoms with Crippen molar-refractivity contribution in [2.45, 2.75) is 47.0 Å². The number of nitrogens with zero attached hydrogens (tertiary/aromatic N) is 2. The maximum absolute atomic E-state index is 4.32. The minimum absolute atomic E-state index is 0.815. The van der Waals surface area contributed by atoms with Gasteiger partial charge in [0.2, 0.25) is 0 Å². The minimum atomic E-state index is 0.815. The highest BCUT2D eigenvalue weighted by molar-refractivity contribution is 5.65. The van der Waals surface area contributed by atoms with Crippen LogP contribution in [0.2, 0.25) is 0 Å². The Balaban J connectivity index is 0.000000749. The molecule has 0 saturated carbocycles. The molecule has 3 nitrogen and oxygen atoms in total. The van der Waals surface area contributed by atoms with Crippen molar-refractivity contribution in [1.82, 2.24) is 5.32 Å². The van der Waals surface area contributed by atoms with E-state index in [4.69, 9.17) is 0 Å². The number of unbranched alkanes of at least 4 members (excludes halogenated alkanes) is 1. The Morgan fingerprint density at radius 2 is 1.48 bits per heavy atom. The summed E-state index contributed by atoms with van der Waals surface area (Å²) in [6.45, 7) is 20.9. The summed E-state index contributed by atoms with van der Waals surface area (Å²) in [5.41, 5.74) is 7.02. The molecule has 0 spiro atoms. The average molecular weight is 390 g/mol. The van der Waals surface area contributed by atoms with Crippen molar-refractivity contribution >= 4 is 22.6 Å². The Hall–Kier alpha value is -2.94. The molecule has 0 radical (unpaired) electrons. The fraction of sp³-hybridized carbons (Fsp3) is 0.308. The van der Waals surface area contributed by atoms with Gasteiger partial charge in [-0.3, -0.25) is 0 Å². The molecule has 2 rings (SSSR count). The van der Waals surface area contributed by atoms with E-state index in [2.05, 4.69) is 49.1 Å². The molecule has 29 heavy (non-hydrogen) atoms. The summed E-state index contributed by atoms with van der Waals surface area (Å²) in [6.07, 6.45) is 3.41. The van der Waals surface area contributed by atoms with E-state index in [0.717, 1.165) is 53.2 Å². The van der Waals surface area contributed by atoms with Crippen LogP contribution < -0.4 is 5.32 Å². The Kier molecular flexibility index (Phi) is 11.0. The molecule has 0 fully saturated rings. The van der Waals surface area contributed by atoms with Crippen LogP contribution in [0.3, 0.4) is 0 Å². The number of azo groups is 1. The molecular weight excluding hydrogens is 354 g/mol. The second kappa shape index (κ2) is 13.3. The van der Waals surface area contributed by atoms with Crippen molar-refractivity contribution in [3.05, 3.63) is 85.0 Å². The van der Waals surface area contributed by atoms with Gasteiger partial charge in [-0.1, -0.05) is 68.8 Å². The third-order valence-electron chi connectivity index (χ3n) is 4.31. The highest BCUT2D eigenvalue weighted by atomic mass is 15.1. The van der Waals surface area contributed by atoms with E-state index in [9.17, 15) is 0 Å². The van der Waals surface area contributed by atoms with Gasteiger partial charge in [-0.25, -0.2) is 0 Å². The van der Waals surface area contributed by atoms with Crippen LogP contribution in [0.25, 0.3) is 11.3 Å². The molecule has 0 unspecified atom stereocenters. The summed E-state index contributed by atoms with van der Waals surface area (Å²) in [5, 5.41) is 12.0. The van der Waals surface area contributed by atoms with Gasteiger partial charge < -0.3 is 5.32 Å². The van der Waals surface area contributed by atoms with E-state index in [1.165, 1.54) is 12.0 Å². The van der Waals surface area contributed by atoms with Crippen LogP contribution >= 0.6 is 0 Å². The van der Waals surface area contributed by atoms with Crippen molar-refractivity contribution in [2.75, 3.05) is 6.54 Å². The lowest BCUT2D eigenvalue weighted by Gasteiger charge is -2.09. The first-order valence-corrected chi connectivity index (χ1v) is 10.2. The van der Waals surface area contributed by atoms with Gasteiger partial charge in [0.15, 0.2) is 0 Å². The monoisotopic (exact) mass is 389 g/mol. The smallest absolute Gasteiger partial charge is 0.0863 e. The first-order chi connectivity index (χ1) is 13.9. The maximum Gasteiger partial charge on any atom is 0.0863 e. The first-order valence-electron chi connectivity index (χ1n) is 10.2. The predicted octanol–water partition coefficient (Wildman–Crippen LogP) is 8.47. The van der Waals surface area contributed by atoms with Crippen molar-refractivity contribution in [3.8, 4) is 0 Å². The van der Waals surface area contributed by atoms with Crippen molar-refractivity contribution in [1.29, 1.82) is 0 Å². The molecule has 0 amide bonds. The summed E-state index contributed by atoms with van der Waals surface area (Å²) >= 11 is 0. The molecule has 2 aromatic carbocycles. The number of allylic oxidation sites excluding steroid dienone is 2. The van der Waals surface area contributed by atoms with Gasteiger partial charge in [-0.15, -0.1) is 6.58 Å². The Bertz CT molecular complexity index is 829. The molecule has 1 N–H and O–H groups in total. The second-order valence-electron chi connectivity index (χ2n) is 7.15. The molecule has 154 valence electrons. The summed E-state index contributed by atoms with van der Waals surface area (Å²) in [7, 11) is 0. The molecule has 0 saturated heterocycles. The summed E-state index contributed by atoms with van der Waals surface area (Å²) < 4.78 is 0. The van der Waals surface area contributed by atoms with Crippen LogP contribution in [0.4, 0.5) is 11.4 Å². The molecule has 0 bridgehead atoms. The SMILES string of the molecule is C=C(C)CC.C=C(C)c1ccc(N=Nc2cccc(C(=C)NCCCC)c2)cc1. The number of nitrogens with one attached hydrogen (secondary N) is 1. The van der Waals surface area contributed by atoms with E-state index in [1.54, 1.807) is 0 Å². The molecule has 0 heterocycles. The molecule has 2 aromatic rings. The fourth-order valence-electron chi connectivity index (χ4n) is 2.20. The van der Waals surface area contributed by atoms with Gasteiger partial charge in [0.25, 0.3) is 0 Å². The van der Waals surface area contributed by atoms with Gasteiger partial charge in [-0.05, 0) is 62.1 Å². The van der Waals surface area contributed by atoms with Crippen LogP contribution in [0.15, 0.2) is 84.1 Å². The van der Waals surface area contributed by atoms with Gasteiger partial charge >= 0.3 is 0 Å². The van der Waals surface area contributed by atoms with E-state index < -0.39 is 0 Å². The third kappa shape index (κ3) is 9.70. The van der Waals surface area contributed by atoms with E-state index >= 15 is 0 Å². The molecule has 0 aliphatic rings. The number of hydrogen-bond donors (Lipinski definition) is 1. The second-order valence-corrected chi connectivity index (χ2v) is 7.15. The number of benzene rings is 2. The lowest BCUT2D eigenvalue weighted by Crippen LogP contribution is -2.12. The Morgan fingerprint density at radius 3 is 2.03 bits per heavy atom. The van der Waals surface area contributed by atoms with E-state index in [1.807, 2.05) is 62.4 Å². The van der Waals surface area contributed by atoms with Gasteiger partial charge in [0.05, 0.1) is 11.4 Å². The third-order valence-corrected chi connectivity index (χ3v) is 4.31. The van der Waals surface area contributed by atoms with Crippen LogP contribution in [-0.4, -0.2) is 6.54 Å². The van der Waals surface area contributed by atoms with Crippen molar-refractivity contribution in [3.63, 3.8) is 0 Å². The van der Waals surface area contributed by atoms with E-state index in [-0.39, 0.29) is 0 Å². The lowest BCUT2D eigenvalue weighted by molar-refractivity contribution is 0.745. The topological polar surface area (TPSA) is 36.8 Å². The molecule has 0 aromatic heterocycles. The Morgan fingerprint density at radius 1 is 0.862 bits per heavy atom. The molecular formula is C26H35N3. The maximum atomic E-state index is 4.32. The first kappa shape index (κ1) is 24.1. The van der Waals surface area contributed by atoms with Gasteiger partial charge in [0.1, 0.15) is 0 Å². The summed E-state index contributed by atoms with van der Waals surface area (Å²) in [5.74, 6) is 0. The van der Waals surface area contributed by atoms with Crippen LogP contribution in [0.5, 0.6) is 0 Å². The fourth-order valence-corrected chi connectivity index (χ4v) is 2.20. The van der Waals surface area contributed by atoms with E-state index in [0.29, 0.717) is 0 Å². The van der Waals surface area contributed by atoms with Crippen LogP contribution in [0.1, 0.15) is 58.1 Å². The van der Waals surface area contributed by atoms with Crippen LogP contribution in [-0.2, 0) is 0 Å². The van der Waals surface area contributed by atoms with Gasteiger partial charge in [-0.2, -0.15) is 10.2 Å². The lowest BCUT2D eigenvalue weighted by atomic mass is 10.1. The zero-order chi connectivity index (χ0) is 21.6. The van der Waals surface area contributed by atoms with Gasteiger partial charge in [0, 0.05) is 12.2 Å². The molecule has 0 atom stereocenters. The number of hydrogen-bond acceptors (Lipinski definition) is 3. The molecule has 0 aliphatic carbocycles. The quantitative estimate of drug-likeness (QED) is 0.260. The summed E-state index contributed by atoms with van der Waals surface area (Å²) in [6, 6.07) is 15.8. The minimum Gasteiger partial charge on any atom is -0.385 e. The van der Waals surface area contributed by atoms with Crippen LogP contribution in [0, 0.1) is 0 Å². The highest BCUT2D eigenvalue weighted by Crippen LogP contribution is 2.23. The zero-order valence-electron chi connectivity index (χ0n) is 18.5. The average Bonchev–Trinajstić information content (AvgIpc) is 2.73. The summed E-state index contributed by atoms with van der Waals surface area (Å²) in [4.78, 5) is 0. The van der Waals surface area contributed by atoms with Crippen molar-refractivity contribution in [2.24, 2.45) is 10.2 Å². The predicted molar refractivity (Wildman–Crippen MR) is 129 cm³/mol. The highest BCUT2D eigenvalue weighted by Gasteiger charge is 2.00. The normalized spacial score (nSPS) is 10.2. The largest absolute Gasteiger partial charge is 0.385 e. The molecule has 0 aliphatic heterocycles. The Labute approximate surface area is 177 Å².